The molecular weight excluding hydrogens is 216 g/mol. The number of nitrogens with zero attached hydrogens (tertiary/aromatic N) is 3. The van der Waals surface area contributed by atoms with Crippen LogP contribution < -0.4 is 0 Å². The average Bonchev–Trinajstić information content (AvgIpc) is 2.80. The summed E-state index contributed by atoms with van der Waals surface area (Å²) in [6, 6.07) is 0. The first-order valence-electron chi connectivity index (χ1n) is 5.82. The highest BCUT2D eigenvalue weighted by atomic mass is 16.2. The van der Waals surface area contributed by atoms with E-state index >= 15 is 0 Å². The zero-order valence-electron chi connectivity index (χ0n) is 10.5. The lowest BCUT2D eigenvalue weighted by Gasteiger charge is -2.31. The number of amides is 1. The van der Waals surface area contributed by atoms with E-state index in [-0.39, 0.29) is 11.3 Å². The largest absolute Gasteiger partial charge is 0.332 e. The summed E-state index contributed by atoms with van der Waals surface area (Å²) in [6.45, 7) is 8.01. The van der Waals surface area contributed by atoms with Crippen molar-refractivity contribution in [3.8, 4) is 0 Å². The second-order valence-electron chi connectivity index (χ2n) is 5.31. The van der Waals surface area contributed by atoms with Crippen molar-refractivity contribution in [1.29, 1.82) is 0 Å². The molecule has 0 aromatic carbocycles. The number of H-pyrrole nitrogens is 1. The van der Waals surface area contributed by atoms with Crippen molar-refractivity contribution in [3.05, 3.63) is 23.8 Å². The van der Waals surface area contributed by atoms with Gasteiger partial charge in [-0.3, -0.25) is 9.89 Å². The summed E-state index contributed by atoms with van der Waals surface area (Å²) in [5.41, 5.74) is 1.61. The lowest BCUT2D eigenvalue weighted by atomic mass is 9.83. The maximum absolute atomic E-state index is 12.0. The minimum absolute atomic E-state index is 0.0771. The highest BCUT2D eigenvalue weighted by Crippen LogP contribution is 2.30. The first-order chi connectivity index (χ1) is 7.98. The SMILES string of the molecule is CC(C)(C)C1=CCN(C(=O)c2ncn[nH]2)CC1. The summed E-state index contributed by atoms with van der Waals surface area (Å²) in [6.07, 6.45) is 4.44. The number of carbonyl (C=O) groups is 1. The van der Waals surface area contributed by atoms with Crippen molar-refractivity contribution >= 4 is 5.91 Å². The fraction of sp³-hybridized carbons (Fsp3) is 0.583. The van der Waals surface area contributed by atoms with Gasteiger partial charge in [0.25, 0.3) is 5.91 Å². The topological polar surface area (TPSA) is 61.9 Å². The Balaban J connectivity index is 2.05. The van der Waals surface area contributed by atoms with Crippen molar-refractivity contribution in [1.82, 2.24) is 20.1 Å². The van der Waals surface area contributed by atoms with Gasteiger partial charge < -0.3 is 4.90 Å². The van der Waals surface area contributed by atoms with Gasteiger partial charge in [-0.05, 0) is 11.8 Å². The van der Waals surface area contributed by atoms with Gasteiger partial charge in [-0.15, -0.1) is 0 Å². The van der Waals surface area contributed by atoms with Crippen molar-refractivity contribution in [2.45, 2.75) is 27.2 Å². The molecule has 2 rings (SSSR count). The van der Waals surface area contributed by atoms with Gasteiger partial charge in [0.2, 0.25) is 5.82 Å². The third-order valence-corrected chi connectivity index (χ3v) is 3.08. The van der Waals surface area contributed by atoms with Gasteiger partial charge in [-0.1, -0.05) is 32.4 Å². The van der Waals surface area contributed by atoms with Crippen molar-refractivity contribution in [2.24, 2.45) is 5.41 Å². The van der Waals surface area contributed by atoms with Gasteiger partial charge in [0.1, 0.15) is 6.33 Å². The van der Waals surface area contributed by atoms with Crippen LogP contribution in [0.1, 0.15) is 37.8 Å². The Morgan fingerprint density at radius 3 is 2.71 bits per heavy atom. The average molecular weight is 234 g/mol. The first-order valence-corrected chi connectivity index (χ1v) is 5.82. The van der Waals surface area contributed by atoms with Crippen LogP contribution in [0.25, 0.3) is 0 Å². The number of aromatic nitrogens is 3. The van der Waals surface area contributed by atoms with Crippen molar-refractivity contribution in [2.75, 3.05) is 13.1 Å². The Bertz CT molecular complexity index is 428. The molecule has 0 spiro atoms. The molecule has 1 N–H and O–H groups in total. The molecular formula is C12H18N4O. The molecule has 0 unspecified atom stereocenters. The molecule has 0 aliphatic carbocycles. The van der Waals surface area contributed by atoms with Crippen LogP contribution in [0, 0.1) is 5.41 Å². The molecule has 5 nitrogen and oxygen atoms in total. The van der Waals surface area contributed by atoms with Gasteiger partial charge in [0, 0.05) is 13.1 Å². The Morgan fingerprint density at radius 1 is 1.47 bits per heavy atom. The minimum atomic E-state index is -0.0771. The number of carbonyl (C=O) groups excluding carboxylic acids is 1. The fourth-order valence-electron chi connectivity index (χ4n) is 1.99. The molecule has 0 atom stereocenters. The standard InChI is InChI=1S/C12H18N4O/c1-12(2,3)9-4-6-16(7-5-9)11(17)10-13-8-14-15-10/h4,8H,5-7H2,1-3H3,(H,13,14,15). The lowest BCUT2D eigenvalue weighted by molar-refractivity contribution is 0.0753. The van der Waals surface area contributed by atoms with Crippen LogP contribution >= 0.6 is 0 Å². The van der Waals surface area contributed by atoms with E-state index in [0.717, 1.165) is 13.0 Å². The number of rotatable bonds is 1. The zero-order chi connectivity index (χ0) is 12.5. The van der Waals surface area contributed by atoms with E-state index in [2.05, 4.69) is 42.0 Å². The molecule has 0 fully saturated rings. The minimum Gasteiger partial charge on any atom is -0.332 e. The zero-order valence-corrected chi connectivity index (χ0v) is 10.5. The summed E-state index contributed by atoms with van der Waals surface area (Å²) >= 11 is 0. The highest BCUT2D eigenvalue weighted by molar-refractivity contribution is 5.90. The molecule has 17 heavy (non-hydrogen) atoms. The Hall–Kier alpha value is -1.65. The molecule has 1 aromatic rings. The predicted molar refractivity (Wildman–Crippen MR) is 64.4 cm³/mol. The number of aromatic amines is 1. The summed E-state index contributed by atoms with van der Waals surface area (Å²) in [5, 5.41) is 6.30. The van der Waals surface area contributed by atoms with E-state index in [1.165, 1.54) is 11.9 Å². The van der Waals surface area contributed by atoms with Crippen molar-refractivity contribution in [3.63, 3.8) is 0 Å². The second-order valence-corrected chi connectivity index (χ2v) is 5.31. The quantitative estimate of drug-likeness (QED) is 0.751. The predicted octanol–water partition coefficient (Wildman–Crippen LogP) is 1.62. The number of hydrogen-bond acceptors (Lipinski definition) is 3. The van der Waals surface area contributed by atoms with Crippen LogP contribution in [0.15, 0.2) is 18.0 Å². The Labute approximate surface area is 101 Å². The molecule has 1 aromatic heterocycles. The van der Waals surface area contributed by atoms with Crippen LogP contribution in [-0.4, -0.2) is 39.1 Å². The molecule has 0 saturated heterocycles. The van der Waals surface area contributed by atoms with Gasteiger partial charge in [-0.25, -0.2) is 4.98 Å². The van der Waals surface area contributed by atoms with E-state index in [1.54, 1.807) is 4.90 Å². The summed E-state index contributed by atoms with van der Waals surface area (Å²) in [7, 11) is 0. The molecule has 0 bridgehead atoms. The van der Waals surface area contributed by atoms with E-state index in [1.807, 2.05) is 0 Å². The van der Waals surface area contributed by atoms with Crippen molar-refractivity contribution < 1.29 is 4.79 Å². The molecule has 0 radical (unpaired) electrons. The molecule has 1 aliphatic rings. The Morgan fingerprint density at radius 2 is 2.24 bits per heavy atom. The monoisotopic (exact) mass is 234 g/mol. The van der Waals surface area contributed by atoms with Crippen LogP contribution in [0.2, 0.25) is 0 Å². The highest BCUT2D eigenvalue weighted by Gasteiger charge is 2.25. The van der Waals surface area contributed by atoms with Gasteiger partial charge in [0.15, 0.2) is 0 Å². The first kappa shape index (κ1) is 11.8. The summed E-state index contributed by atoms with van der Waals surface area (Å²) in [4.78, 5) is 17.6. The van der Waals surface area contributed by atoms with E-state index < -0.39 is 0 Å². The number of nitrogens with one attached hydrogen (secondary N) is 1. The Kier molecular flexibility index (Phi) is 3.00. The molecule has 2 heterocycles. The number of hydrogen-bond donors (Lipinski definition) is 1. The van der Waals surface area contributed by atoms with Crippen LogP contribution in [0.3, 0.4) is 0 Å². The van der Waals surface area contributed by atoms with Crippen LogP contribution in [-0.2, 0) is 0 Å². The van der Waals surface area contributed by atoms with Crippen LogP contribution in [0.4, 0.5) is 0 Å². The van der Waals surface area contributed by atoms with Gasteiger partial charge in [0.05, 0.1) is 0 Å². The van der Waals surface area contributed by atoms with E-state index in [4.69, 9.17) is 0 Å². The summed E-state index contributed by atoms with van der Waals surface area (Å²) in [5.74, 6) is 0.240. The van der Waals surface area contributed by atoms with Crippen LogP contribution in [0.5, 0.6) is 0 Å². The normalized spacial score (nSPS) is 16.9. The summed E-state index contributed by atoms with van der Waals surface area (Å²) < 4.78 is 0. The van der Waals surface area contributed by atoms with E-state index in [9.17, 15) is 4.79 Å². The third kappa shape index (κ3) is 2.54. The third-order valence-electron chi connectivity index (χ3n) is 3.08. The molecule has 92 valence electrons. The molecule has 1 aliphatic heterocycles. The smallest absolute Gasteiger partial charge is 0.291 e. The van der Waals surface area contributed by atoms with Gasteiger partial charge in [-0.2, -0.15) is 5.10 Å². The molecule has 0 saturated carbocycles. The van der Waals surface area contributed by atoms with Gasteiger partial charge >= 0.3 is 0 Å². The second kappa shape index (κ2) is 4.31. The maximum Gasteiger partial charge on any atom is 0.291 e. The fourth-order valence-corrected chi connectivity index (χ4v) is 1.99. The molecule has 1 amide bonds. The molecule has 5 heteroatoms. The van der Waals surface area contributed by atoms with E-state index in [0.29, 0.717) is 12.4 Å². The lowest BCUT2D eigenvalue weighted by Crippen LogP contribution is -2.36. The maximum atomic E-state index is 12.0.